The van der Waals surface area contributed by atoms with Crippen molar-refractivity contribution >= 4 is 11.8 Å². The summed E-state index contributed by atoms with van der Waals surface area (Å²) in [5, 5.41) is 21.2. The number of nitrogens with zero attached hydrogens (tertiary/aromatic N) is 2. The molecule has 0 aromatic heterocycles. The van der Waals surface area contributed by atoms with Gasteiger partial charge in [0.2, 0.25) is 11.8 Å². The Morgan fingerprint density at radius 3 is 2.08 bits per heavy atom. The Kier molecular flexibility index (Phi) is 13.6. The first-order chi connectivity index (χ1) is 25.5. The minimum absolute atomic E-state index is 0.00561. The third kappa shape index (κ3) is 10.6. The third-order valence-electron chi connectivity index (χ3n) is 9.96. The highest BCUT2D eigenvalue weighted by Gasteiger charge is 2.34. The second kappa shape index (κ2) is 18.9. The van der Waals surface area contributed by atoms with Gasteiger partial charge in [0.1, 0.15) is 0 Å². The number of aliphatic hydroxyl groups excluding tert-OH is 1. The van der Waals surface area contributed by atoms with Crippen molar-refractivity contribution < 1.29 is 29.4 Å². The van der Waals surface area contributed by atoms with Gasteiger partial charge >= 0.3 is 0 Å². The van der Waals surface area contributed by atoms with E-state index >= 15 is 0 Å². The Morgan fingerprint density at radius 1 is 0.712 bits per heavy atom. The molecule has 3 atom stereocenters. The largest absolute Gasteiger partial charge is 0.392 e. The van der Waals surface area contributed by atoms with Gasteiger partial charge in [0, 0.05) is 70.6 Å². The minimum atomic E-state index is -0.535. The van der Waals surface area contributed by atoms with Crippen molar-refractivity contribution in [1.29, 1.82) is 0 Å². The molecule has 2 heterocycles. The highest BCUT2D eigenvalue weighted by molar-refractivity contribution is 5.77. The quantitative estimate of drug-likeness (QED) is 0.0686. The van der Waals surface area contributed by atoms with Crippen molar-refractivity contribution in [3.63, 3.8) is 0 Å². The smallest absolute Gasteiger partial charge is 0.243 e. The van der Waals surface area contributed by atoms with Gasteiger partial charge < -0.3 is 19.9 Å². The average Bonchev–Trinajstić information content (AvgIpc) is 3.20. The molecule has 0 radical (unpaired) electrons. The number of hydrogen-bond donors (Lipinski definition) is 4. The van der Waals surface area contributed by atoms with E-state index in [0.717, 1.165) is 79.1 Å². The lowest BCUT2D eigenvalue weighted by Crippen LogP contribution is -2.49. The zero-order chi connectivity index (χ0) is 36.1. The van der Waals surface area contributed by atoms with E-state index in [9.17, 15) is 14.7 Å². The van der Waals surface area contributed by atoms with E-state index < -0.39 is 12.2 Å². The zero-order valence-corrected chi connectivity index (χ0v) is 29.7. The van der Waals surface area contributed by atoms with Crippen molar-refractivity contribution in [2.45, 2.75) is 70.3 Å². The van der Waals surface area contributed by atoms with Crippen LogP contribution in [0.1, 0.15) is 72.3 Å². The van der Waals surface area contributed by atoms with E-state index in [-0.39, 0.29) is 31.1 Å². The molecule has 6 rings (SSSR count). The van der Waals surface area contributed by atoms with E-state index in [2.05, 4.69) is 75.8 Å². The number of nitrogens with one attached hydrogen (secondary N) is 2. The Morgan fingerprint density at radius 2 is 1.37 bits per heavy atom. The Labute approximate surface area is 306 Å². The molecular formula is C42H50N4O6. The number of ether oxygens (including phenoxy) is 2. The molecule has 2 amide bonds. The van der Waals surface area contributed by atoms with Gasteiger partial charge in [-0.15, -0.1) is 0 Å². The topological polar surface area (TPSA) is 124 Å². The number of carbonyl (C=O) groups excluding carboxylic acids is 2. The fourth-order valence-corrected chi connectivity index (χ4v) is 6.98. The number of rotatable bonds is 15. The van der Waals surface area contributed by atoms with Gasteiger partial charge in [-0.3, -0.25) is 24.6 Å². The number of amides is 2. The van der Waals surface area contributed by atoms with Crippen LogP contribution in [0.3, 0.4) is 0 Å². The molecule has 0 saturated carbocycles. The molecule has 2 saturated heterocycles. The monoisotopic (exact) mass is 706 g/mol. The lowest BCUT2D eigenvalue weighted by Gasteiger charge is -2.40. The summed E-state index contributed by atoms with van der Waals surface area (Å²) in [6, 6.07) is 35.0. The molecule has 4 N–H and O–H groups in total. The average molecular weight is 707 g/mol. The standard InChI is InChI=1S/C42H50N4O6/c47-30-32-14-16-34(17-15-32)39-26-37(29-46-24-22-45(23-25-46)28-31-8-2-1-3-9-31)51-42(52-39)35-20-18-33(19-21-35)38-11-5-4-10-36(38)27-43-40(48)12-6-7-13-41(49)44-50/h1-5,8-11,14-21,37,39,42,47,50H,6-7,12-13,22-30H2,(H,43,48)(H,44,49)/t37-,39+,42+/m0/s1. The van der Waals surface area contributed by atoms with E-state index in [1.807, 2.05) is 42.5 Å². The van der Waals surface area contributed by atoms with Crippen LogP contribution in [-0.4, -0.2) is 70.8 Å². The number of unbranched alkanes of at least 4 members (excludes halogenated alkanes) is 1. The van der Waals surface area contributed by atoms with Gasteiger partial charge in [0.25, 0.3) is 0 Å². The van der Waals surface area contributed by atoms with E-state index in [4.69, 9.17) is 14.7 Å². The summed E-state index contributed by atoms with van der Waals surface area (Å²) in [5.74, 6) is -0.524. The van der Waals surface area contributed by atoms with Gasteiger partial charge in [0.15, 0.2) is 6.29 Å². The van der Waals surface area contributed by atoms with Crippen LogP contribution in [0, 0.1) is 0 Å². The zero-order valence-electron chi connectivity index (χ0n) is 29.7. The molecular weight excluding hydrogens is 656 g/mol. The van der Waals surface area contributed by atoms with Crippen LogP contribution < -0.4 is 10.8 Å². The third-order valence-corrected chi connectivity index (χ3v) is 9.96. The molecule has 10 nitrogen and oxygen atoms in total. The number of hydroxylamine groups is 1. The van der Waals surface area contributed by atoms with Gasteiger partial charge in [-0.25, -0.2) is 5.48 Å². The predicted octanol–water partition coefficient (Wildman–Crippen LogP) is 5.89. The van der Waals surface area contributed by atoms with Crippen LogP contribution in [-0.2, 0) is 38.8 Å². The van der Waals surface area contributed by atoms with Crippen LogP contribution in [0.2, 0.25) is 0 Å². The van der Waals surface area contributed by atoms with E-state index in [0.29, 0.717) is 25.8 Å². The molecule has 4 aromatic carbocycles. The molecule has 0 bridgehead atoms. The summed E-state index contributed by atoms with van der Waals surface area (Å²) in [5.41, 5.74) is 8.92. The Bertz CT molecular complexity index is 1710. The summed E-state index contributed by atoms with van der Waals surface area (Å²) in [4.78, 5) is 28.7. The fourth-order valence-electron chi connectivity index (χ4n) is 6.98. The number of carbonyl (C=O) groups is 2. The maximum Gasteiger partial charge on any atom is 0.243 e. The van der Waals surface area contributed by atoms with Crippen molar-refractivity contribution in [1.82, 2.24) is 20.6 Å². The van der Waals surface area contributed by atoms with Crippen molar-refractivity contribution in [2.75, 3.05) is 32.7 Å². The lowest BCUT2D eigenvalue weighted by molar-refractivity contribution is -0.253. The Hall–Kier alpha value is -4.42. The first kappa shape index (κ1) is 37.3. The van der Waals surface area contributed by atoms with Crippen LogP contribution in [0.5, 0.6) is 0 Å². The molecule has 2 aliphatic rings. The second-order valence-electron chi connectivity index (χ2n) is 13.7. The van der Waals surface area contributed by atoms with Gasteiger partial charge in [-0.2, -0.15) is 0 Å². The summed E-state index contributed by atoms with van der Waals surface area (Å²) in [6.45, 7) is 6.22. The summed E-state index contributed by atoms with van der Waals surface area (Å²) < 4.78 is 13.3. The molecule has 2 aliphatic heterocycles. The molecule has 52 heavy (non-hydrogen) atoms. The fraction of sp³-hybridized carbons (Fsp3) is 0.381. The molecule has 10 heteroatoms. The predicted molar refractivity (Wildman–Crippen MR) is 199 cm³/mol. The lowest BCUT2D eigenvalue weighted by atomic mass is 9.97. The van der Waals surface area contributed by atoms with Crippen molar-refractivity contribution in [2.24, 2.45) is 0 Å². The van der Waals surface area contributed by atoms with Crippen LogP contribution in [0.4, 0.5) is 0 Å². The number of benzene rings is 4. The highest BCUT2D eigenvalue weighted by Crippen LogP contribution is 2.39. The summed E-state index contributed by atoms with van der Waals surface area (Å²) in [6.07, 6.45) is 1.64. The molecule has 274 valence electrons. The molecule has 2 fully saturated rings. The second-order valence-corrected chi connectivity index (χ2v) is 13.7. The molecule has 0 aliphatic carbocycles. The first-order valence-corrected chi connectivity index (χ1v) is 18.3. The van der Waals surface area contributed by atoms with Gasteiger partial charge in [-0.05, 0) is 46.2 Å². The SMILES string of the molecule is O=C(CCCCC(=O)NCc1ccccc1-c1ccc([C@@H]2O[C@H](CN3CCN(Cc4ccccc4)CC3)C[C@H](c3ccc(CO)cc3)O2)cc1)NO. The minimum Gasteiger partial charge on any atom is -0.392 e. The van der Waals surface area contributed by atoms with Crippen LogP contribution >= 0.6 is 0 Å². The van der Waals surface area contributed by atoms with Crippen LogP contribution in [0.25, 0.3) is 11.1 Å². The normalized spacial score (nSPS) is 19.6. The summed E-state index contributed by atoms with van der Waals surface area (Å²) >= 11 is 0. The van der Waals surface area contributed by atoms with Crippen molar-refractivity contribution in [3.8, 4) is 11.1 Å². The molecule has 0 unspecified atom stereocenters. The highest BCUT2D eigenvalue weighted by atomic mass is 16.7. The number of piperazine rings is 1. The van der Waals surface area contributed by atoms with E-state index in [1.54, 1.807) is 5.48 Å². The van der Waals surface area contributed by atoms with Gasteiger partial charge in [-0.1, -0.05) is 103 Å². The Balaban J connectivity index is 1.09. The molecule has 4 aromatic rings. The number of hydrogen-bond acceptors (Lipinski definition) is 8. The maximum atomic E-state index is 12.5. The summed E-state index contributed by atoms with van der Waals surface area (Å²) in [7, 11) is 0. The van der Waals surface area contributed by atoms with E-state index in [1.165, 1.54) is 5.56 Å². The van der Waals surface area contributed by atoms with Gasteiger partial charge in [0.05, 0.1) is 18.8 Å². The maximum absolute atomic E-state index is 12.5. The van der Waals surface area contributed by atoms with Crippen molar-refractivity contribution in [3.05, 3.63) is 131 Å². The molecule has 0 spiro atoms. The van der Waals surface area contributed by atoms with Crippen LogP contribution in [0.15, 0.2) is 103 Å². The number of aliphatic hydroxyl groups is 1. The first-order valence-electron chi connectivity index (χ1n) is 18.3.